The molecule has 1 heterocycles. The molecule has 3 amide bonds. The fourth-order valence-electron chi connectivity index (χ4n) is 5.10. The molecule has 1 atom stereocenters. The molecule has 1 aliphatic rings. The smallest absolute Gasteiger partial charge is 0.416 e. The minimum Gasteiger partial charge on any atom is -0.481 e. The molecular weight excluding hydrogens is 604 g/mol. The van der Waals surface area contributed by atoms with Gasteiger partial charge in [0.25, 0.3) is 5.91 Å². The third kappa shape index (κ3) is 10.4. The fourth-order valence-corrected chi connectivity index (χ4v) is 5.10. The van der Waals surface area contributed by atoms with Crippen molar-refractivity contribution < 1.29 is 45.8 Å². The lowest BCUT2D eigenvalue weighted by atomic mass is 9.98. The second-order valence-electron chi connectivity index (χ2n) is 10.9. The van der Waals surface area contributed by atoms with Crippen LogP contribution in [0, 0.1) is 0 Å². The molecule has 1 aliphatic heterocycles. The number of likely N-dealkylation sites (tertiary alicyclic amines) is 1. The molecule has 3 aromatic carbocycles. The number of amides is 3. The first-order valence-electron chi connectivity index (χ1n) is 14.4. The molecule has 13 heteroatoms. The molecule has 1 saturated heterocycles. The lowest BCUT2D eigenvalue weighted by Gasteiger charge is -2.28. The lowest BCUT2D eigenvalue weighted by Crippen LogP contribution is -2.40. The maximum Gasteiger partial charge on any atom is 0.416 e. The van der Waals surface area contributed by atoms with E-state index < -0.39 is 53.4 Å². The molecule has 4 rings (SSSR count). The number of benzene rings is 3. The van der Waals surface area contributed by atoms with Crippen LogP contribution in [-0.2, 0) is 23.6 Å². The molecule has 3 N–H and O–H groups in total. The van der Waals surface area contributed by atoms with Crippen molar-refractivity contribution in [3.63, 3.8) is 0 Å². The molecule has 0 bridgehead atoms. The van der Waals surface area contributed by atoms with E-state index in [1.165, 1.54) is 19.3 Å². The summed E-state index contributed by atoms with van der Waals surface area (Å²) in [6, 6.07) is 12.0. The van der Waals surface area contributed by atoms with E-state index in [1.54, 1.807) is 23.1 Å². The number of urea groups is 1. The number of aliphatic carboxylic acids is 1. The van der Waals surface area contributed by atoms with Crippen molar-refractivity contribution in [2.75, 3.05) is 20.1 Å². The highest BCUT2D eigenvalue weighted by atomic mass is 19.4. The number of likely N-dealkylation sites (N-methyl/N-ethyl adjacent to an activating group) is 1. The Bertz CT molecular complexity index is 1450. The maximum atomic E-state index is 13.2. The van der Waals surface area contributed by atoms with E-state index in [1.807, 2.05) is 24.3 Å². The number of hydrogen-bond donors (Lipinski definition) is 2. The molecule has 0 saturated carbocycles. The van der Waals surface area contributed by atoms with Gasteiger partial charge in [0.1, 0.15) is 0 Å². The summed E-state index contributed by atoms with van der Waals surface area (Å²) in [4.78, 5) is 37.7. The monoisotopic (exact) mass is 639 g/mol. The van der Waals surface area contributed by atoms with Crippen molar-refractivity contribution in [2.45, 2.75) is 63.3 Å². The predicted molar refractivity (Wildman–Crippen MR) is 156 cm³/mol. The Hall–Kier alpha value is -4.29. The van der Waals surface area contributed by atoms with Crippen molar-refractivity contribution >= 4 is 28.7 Å². The zero-order valence-electron chi connectivity index (χ0n) is 24.6. The summed E-state index contributed by atoms with van der Waals surface area (Å²) in [5, 5.41) is 11.1. The van der Waals surface area contributed by atoms with E-state index in [-0.39, 0.29) is 18.5 Å². The molecule has 7 nitrogen and oxygen atoms in total. The predicted octanol–water partition coefficient (Wildman–Crippen LogP) is 7.37. The Morgan fingerprint density at radius 3 is 1.87 bits per heavy atom. The Morgan fingerprint density at radius 2 is 1.36 bits per heavy atom. The summed E-state index contributed by atoms with van der Waals surface area (Å²) in [5.41, 5.74) is 1.75. The van der Waals surface area contributed by atoms with Crippen molar-refractivity contribution in [2.24, 2.45) is 5.73 Å². The van der Waals surface area contributed by atoms with E-state index >= 15 is 0 Å². The molecule has 3 aromatic rings. The quantitative estimate of drug-likeness (QED) is 0.275. The first-order chi connectivity index (χ1) is 21.1. The second kappa shape index (κ2) is 15.1. The number of carbonyl (C=O) groups is 3. The maximum absolute atomic E-state index is 13.2. The Kier molecular flexibility index (Phi) is 11.8. The summed E-state index contributed by atoms with van der Waals surface area (Å²) in [6.07, 6.45) is -4.72. The number of carboxylic acid groups (broad SMARTS) is 1. The summed E-state index contributed by atoms with van der Waals surface area (Å²) >= 11 is 0. The molecule has 0 aromatic heterocycles. The molecule has 0 aliphatic carbocycles. The number of nitrogens with two attached hydrogens (primary N) is 1. The van der Waals surface area contributed by atoms with Crippen LogP contribution in [0.4, 0.5) is 31.1 Å². The molecule has 0 radical (unpaired) electrons. The number of halogens is 6. The zero-order valence-corrected chi connectivity index (χ0v) is 24.6. The third-order valence-corrected chi connectivity index (χ3v) is 7.57. The van der Waals surface area contributed by atoms with Gasteiger partial charge in [-0.1, -0.05) is 61.7 Å². The number of rotatable bonds is 6. The minimum absolute atomic E-state index is 0.0322. The van der Waals surface area contributed by atoms with Gasteiger partial charge in [0.2, 0.25) is 0 Å². The van der Waals surface area contributed by atoms with Crippen LogP contribution in [0.3, 0.4) is 0 Å². The zero-order chi connectivity index (χ0) is 33.4. The van der Waals surface area contributed by atoms with Gasteiger partial charge in [-0.05, 0) is 53.8 Å². The van der Waals surface area contributed by atoms with Gasteiger partial charge in [-0.2, -0.15) is 26.3 Å². The number of nitrogens with zero attached hydrogens (tertiary/aromatic N) is 2. The van der Waals surface area contributed by atoms with Crippen LogP contribution in [0.2, 0.25) is 0 Å². The Balaban J connectivity index is 0.000000423. The number of primary amides is 1. The number of carbonyl (C=O) groups excluding carboxylic acids is 2. The van der Waals surface area contributed by atoms with Crippen molar-refractivity contribution in [1.29, 1.82) is 0 Å². The van der Waals surface area contributed by atoms with Crippen molar-refractivity contribution in [3.8, 4) is 0 Å². The second-order valence-corrected chi connectivity index (χ2v) is 10.9. The molecule has 0 spiro atoms. The van der Waals surface area contributed by atoms with Crippen LogP contribution in [-0.4, -0.2) is 59.0 Å². The van der Waals surface area contributed by atoms with Gasteiger partial charge in [0.15, 0.2) is 0 Å². The van der Waals surface area contributed by atoms with Gasteiger partial charge in [-0.25, -0.2) is 4.79 Å². The van der Waals surface area contributed by atoms with Crippen LogP contribution in [0.5, 0.6) is 0 Å². The Morgan fingerprint density at radius 1 is 0.822 bits per heavy atom. The van der Waals surface area contributed by atoms with E-state index in [4.69, 9.17) is 5.73 Å². The standard InChI is InChI=1S/C24H19F6NO3.C8H16N2O/c1-31(22(34)17-10-18(23(25,26)27)12-19(11-17)24(28,29)30)20(13-21(32)33)9-14-6-7-15-4-2-3-5-16(15)8-14;9-8(11)10-6-4-2-1-3-5-7-10/h2-8,10-12,20H,9,13H2,1H3,(H,32,33);1-7H2,(H2,9,11). The fraction of sp³-hybridized carbons (Fsp3) is 0.406. The van der Waals surface area contributed by atoms with Crippen LogP contribution in [0.15, 0.2) is 60.7 Å². The summed E-state index contributed by atoms with van der Waals surface area (Å²) < 4.78 is 79.1. The topological polar surface area (TPSA) is 104 Å². The molecule has 1 unspecified atom stereocenters. The van der Waals surface area contributed by atoms with Crippen LogP contribution >= 0.6 is 0 Å². The van der Waals surface area contributed by atoms with Gasteiger partial charge in [0, 0.05) is 31.7 Å². The molecule has 244 valence electrons. The number of fused-ring (bicyclic) bond motifs is 1. The SMILES string of the molecule is CN(C(=O)c1cc(C(F)(F)F)cc(C(F)(F)F)c1)C(CC(=O)O)Cc1ccc2ccccc2c1.NC(=O)N1CCCCCCC1. The summed E-state index contributed by atoms with van der Waals surface area (Å²) in [7, 11) is 1.16. The first kappa shape index (κ1) is 35.2. The first-order valence-corrected chi connectivity index (χ1v) is 14.4. The van der Waals surface area contributed by atoms with E-state index in [9.17, 15) is 45.8 Å². The van der Waals surface area contributed by atoms with Crippen LogP contribution < -0.4 is 5.73 Å². The molecular formula is C32H35F6N3O4. The minimum atomic E-state index is -5.11. The molecule has 1 fully saturated rings. The molecule has 45 heavy (non-hydrogen) atoms. The van der Waals surface area contributed by atoms with E-state index in [0.29, 0.717) is 17.7 Å². The van der Waals surface area contributed by atoms with E-state index in [0.717, 1.165) is 48.7 Å². The van der Waals surface area contributed by atoms with Crippen LogP contribution in [0.25, 0.3) is 10.8 Å². The summed E-state index contributed by atoms with van der Waals surface area (Å²) in [6.45, 7) is 1.71. The van der Waals surface area contributed by atoms with Gasteiger partial charge >= 0.3 is 24.4 Å². The normalized spacial score (nSPS) is 14.9. The largest absolute Gasteiger partial charge is 0.481 e. The highest BCUT2D eigenvalue weighted by Crippen LogP contribution is 2.36. The van der Waals surface area contributed by atoms with Gasteiger partial charge in [0.05, 0.1) is 17.5 Å². The van der Waals surface area contributed by atoms with Crippen molar-refractivity contribution in [1.82, 2.24) is 9.80 Å². The van der Waals surface area contributed by atoms with Crippen LogP contribution in [0.1, 0.15) is 65.6 Å². The van der Waals surface area contributed by atoms with Gasteiger partial charge in [-0.15, -0.1) is 0 Å². The Labute approximate surface area is 256 Å². The average Bonchev–Trinajstić information content (AvgIpc) is 2.94. The highest BCUT2D eigenvalue weighted by molar-refractivity contribution is 5.95. The van der Waals surface area contributed by atoms with Gasteiger partial charge < -0.3 is 20.6 Å². The number of hydrogen-bond acceptors (Lipinski definition) is 3. The highest BCUT2D eigenvalue weighted by Gasteiger charge is 2.38. The lowest BCUT2D eigenvalue weighted by molar-refractivity contribution is -0.143. The van der Waals surface area contributed by atoms with Crippen molar-refractivity contribution in [3.05, 3.63) is 82.9 Å². The number of carboxylic acids is 1. The number of alkyl halides is 6. The van der Waals surface area contributed by atoms with E-state index in [2.05, 4.69) is 0 Å². The third-order valence-electron chi connectivity index (χ3n) is 7.57. The average molecular weight is 640 g/mol. The summed E-state index contributed by atoms with van der Waals surface area (Å²) in [5.74, 6) is -2.42. The van der Waals surface area contributed by atoms with Gasteiger partial charge in [-0.3, -0.25) is 9.59 Å².